The third-order valence-electron chi connectivity index (χ3n) is 2.75. The summed E-state index contributed by atoms with van der Waals surface area (Å²) in [6, 6.07) is 5.61. The summed E-state index contributed by atoms with van der Waals surface area (Å²) in [5.41, 5.74) is 1.11. The van der Waals surface area contributed by atoms with E-state index in [9.17, 15) is 0 Å². The van der Waals surface area contributed by atoms with Gasteiger partial charge in [-0.05, 0) is 30.5 Å². The van der Waals surface area contributed by atoms with E-state index in [0.29, 0.717) is 11.6 Å². The van der Waals surface area contributed by atoms with Gasteiger partial charge >= 0.3 is 0 Å². The molecular formula is C14H22Cl2IN3O. The van der Waals surface area contributed by atoms with Gasteiger partial charge < -0.3 is 15.4 Å². The van der Waals surface area contributed by atoms with Crippen molar-refractivity contribution in [1.82, 2.24) is 10.6 Å². The van der Waals surface area contributed by atoms with Crippen molar-refractivity contribution in [2.45, 2.75) is 12.8 Å². The Labute approximate surface area is 153 Å². The van der Waals surface area contributed by atoms with Crippen LogP contribution in [0, 0.1) is 0 Å². The molecule has 1 aromatic carbocycles. The van der Waals surface area contributed by atoms with Gasteiger partial charge in [-0.3, -0.25) is 4.99 Å². The average molecular weight is 446 g/mol. The minimum atomic E-state index is 0. The Bertz CT molecular complexity index is 444. The van der Waals surface area contributed by atoms with E-state index in [2.05, 4.69) is 15.6 Å². The summed E-state index contributed by atoms with van der Waals surface area (Å²) in [5, 5.41) is 7.79. The van der Waals surface area contributed by atoms with E-state index in [1.54, 1.807) is 20.2 Å². The predicted molar refractivity (Wildman–Crippen MR) is 101 cm³/mol. The number of aliphatic imine (C=N–C) groups is 1. The monoisotopic (exact) mass is 445 g/mol. The van der Waals surface area contributed by atoms with E-state index in [4.69, 9.17) is 27.9 Å². The molecule has 0 aromatic heterocycles. The second-order valence-corrected chi connectivity index (χ2v) is 5.10. The number of halogens is 3. The molecule has 4 nitrogen and oxygen atoms in total. The molecule has 0 saturated carbocycles. The maximum absolute atomic E-state index is 6.13. The number of methoxy groups -OCH3 is 1. The molecule has 0 atom stereocenters. The molecule has 0 aliphatic heterocycles. The molecule has 0 saturated heterocycles. The van der Waals surface area contributed by atoms with E-state index in [-0.39, 0.29) is 24.0 Å². The highest BCUT2D eigenvalue weighted by Gasteiger charge is 2.02. The summed E-state index contributed by atoms with van der Waals surface area (Å²) in [5.74, 6) is 0.782. The predicted octanol–water partition coefficient (Wildman–Crippen LogP) is 3.36. The molecule has 7 heteroatoms. The molecule has 0 radical (unpaired) electrons. The van der Waals surface area contributed by atoms with Gasteiger partial charge in [0.25, 0.3) is 0 Å². The van der Waals surface area contributed by atoms with Crippen molar-refractivity contribution in [3.8, 4) is 0 Å². The summed E-state index contributed by atoms with van der Waals surface area (Å²) in [6.45, 7) is 2.21. The van der Waals surface area contributed by atoms with Crippen molar-refractivity contribution in [3.05, 3.63) is 33.8 Å². The largest absolute Gasteiger partial charge is 0.383 e. The Balaban J connectivity index is 0.00000400. The van der Waals surface area contributed by atoms with E-state index >= 15 is 0 Å². The zero-order valence-corrected chi connectivity index (χ0v) is 16.1. The fourth-order valence-electron chi connectivity index (χ4n) is 1.70. The lowest BCUT2D eigenvalue weighted by Gasteiger charge is -2.11. The number of benzene rings is 1. The van der Waals surface area contributed by atoms with Crippen molar-refractivity contribution in [1.29, 1.82) is 0 Å². The quantitative estimate of drug-likeness (QED) is 0.293. The van der Waals surface area contributed by atoms with E-state index in [1.165, 1.54) is 0 Å². The van der Waals surface area contributed by atoms with Crippen molar-refractivity contribution >= 4 is 53.1 Å². The molecule has 0 aliphatic carbocycles. The molecular weight excluding hydrogens is 424 g/mol. The molecule has 0 fully saturated rings. The first-order chi connectivity index (χ1) is 9.67. The zero-order chi connectivity index (χ0) is 14.8. The van der Waals surface area contributed by atoms with Crippen molar-refractivity contribution in [2.24, 2.45) is 4.99 Å². The summed E-state index contributed by atoms with van der Waals surface area (Å²) in [7, 11) is 3.42. The summed E-state index contributed by atoms with van der Waals surface area (Å²) in [6.07, 6.45) is 1.87. The van der Waals surface area contributed by atoms with E-state index in [0.717, 1.165) is 42.5 Å². The Morgan fingerprint density at radius 3 is 2.57 bits per heavy atom. The molecule has 0 amide bonds. The van der Waals surface area contributed by atoms with Gasteiger partial charge in [0.2, 0.25) is 0 Å². The highest BCUT2D eigenvalue weighted by Crippen LogP contribution is 2.21. The normalized spacial score (nSPS) is 11.0. The third kappa shape index (κ3) is 8.70. The number of nitrogens with one attached hydrogen (secondary N) is 2. The molecule has 0 spiro atoms. The maximum Gasteiger partial charge on any atom is 0.191 e. The van der Waals surface area contributed by atoms with Crippen LogP contribution in [0.25, 0.3) is 0 Å². The zero-order valence-electron chi connectivity index (χ0n) is 12.3. The van der Waals surface area contributed by atoms with Gasteiger partial charge in [0, 0.05) is 37.3 Å². The first kappa shape index (κ1) is 20.8. The number of aryl methyl sites for hydroxylation is 1. The molecule has 120 valence electrons. The Morgan fingerprint density at radius 2 is 1.95 bits per heavy atom. The Kier molecular flexibility index (Phi) is 12.2. The van der Waals surface area contributed by atoms with Gasteiger partial charge in [-0.15, -0.1) is 24.0 Å². The van der Waals surface area contributed by atoms with Crippen molar-refractivity contribution in [3.63, 3.8) is 0 Å². The van der Waals surface area contributed by atoms with Crippen LogP contribution in [0.15, 0.2) is 23.2 Å². The first-order valence-electron chi connectivity index (χ1n) is 6.54. The van der Waals surface area contributed by atoms with Crippen LogP contribution < -0.4 is 10.6 Å². The maximum atomic E-state index is 6.13. The summed E-state index contributed by atoms with van der Waals surface area (Å²) >= 11 is 12.0. The van der Waals surface area contributed by atoms with Gasteiger partial charge in [-0.1, -0.05) is 29.3 Å². The fourth-order valence-corrected chi connectivity index (χ4v) is 2.21. The number of hydrogen-bond acceptors (Lipinski definition) is 2. The molecule has 0 heterocycles. The van der Waals surface area contributed by atoms with Crippen LogP contribution in [0.3, 0.4) is 0 Å². The molecule has 1 aromatic rings. The molecule has 21 heavy (non-hydrogen) atoms. The second-order valence-electron chi connectivity index (χ2n) is 4.26. The smallest absolute Gasteiger partial charge is 0.191 e. The van der Waals surface area contributed by atoms with Crippen molar-refractivity contribution < 1.29 is 4.74 Å². The number of rotatable bonds is 7. The first-order valence-corrected chi connectivity index (χ1v) is 7.30. The van der Waals surface area contributed by atoms with Crippen LogP contribution >= 0.6 is 47.2 Å². The van der Waals surface area contributed by atoms with Crippen LogP contribution in [0.4, 0.5) is 0 Å². The van der Waals surface area contributed by atoms with Gasteiger partial charge in [-0.25, -0.2) is 0 Å². The summed E-state index contributed by atoms with van der Waals surface area (Å²) in [4.78, 5) is 4.13. The number of guanidine groups is 1. The third-order valence-corrected chi connectivity index (χ3v) is 3.34. The second kappa shape index (κ2) is 12.3. The highest BCUT2D eigenvalue weighted by molar-refractivity contribution is 14.0. The van der Waals surface area contributed by atoms with Gasteiger partial charge in [-0.2, -0.15) is 0 Å². The van der Waals surface area contributed by atoms with Crippen LogP contribution in [0.1, 0.15) is 12.0 Å². The van der Waals surface area contributed by atoms with Crippen LogP contribution in [0.2, 0.25) is 10.0 Å². The lowest BCUT2D eigenvalue weighted by molar-refractivity contribution is 0.203. The van der Waals surface area contributed by atoms with E-state index < -0.39 is 0 Å². The average Bonchev–Trinajstić information content (AvgIpc) is 2.43. The molecule has 0 aliphatic rings. The number of ether oxygens (including phenoxy) is 1. The topological polar surface area (TPSA) is 45.7 Å². The van der Waals surface area contributed by atoms with Crippen LogP contribution in [0.5, 0.6) is 0 Å². The Hall–Kier alpha value is -0.240. The highest BCUT2D eigenvalue weighted by atomic mass is 127. The minimum Gasteiger partial charge on any atom is -0.383 e. The lowest BCUT2D eigenvalue weighted by Crippen LogP contribution is -2.39. The van der Waals surface area contributed by atoms with Crippen molar-refractivity contribution in [2.75, 3.05) is 33.9 Å². The summed E-state index contributed by atoms with van der Waals surface area (Å²) < 4.78 is 4.97. The number of nitrogens with zero attached hydrogens (tertiary/aromatic N) is 1. The standard InChI is InChI=1S/C14H21Cl2N3O.HI/c1-17-14(19-8-9-20-2)18-7-3-4-11-5-6-12(15)10-13(11)16;/h5-6,10H,3-4,7-9H2,1-2H3,(H2,17,18,19);1H. The fraction of sp³-hybridized carbons (Fsp3) is 0.500. The van der Waals surface area contributed by atoms with Gasteiger partial charge in [0.15, 0.2) is 5.96 Å². The molecule has 0 unspecified atom stereocenters. The van der Waals surface area contributed by atoms with Gasteiger partial charge in [0.1, 0.15) is 0 Å². The molecule has 2 N–H and O–H groups in total. The van der Waals surface area contributed by atoms with Crippen LogP contribution in [-0.4, -0.2) is 39.8 Å². The molecule has 1 rings (SSSR count). The SMILES string of the molecule is CN=C(NCCCc1ccc(Cl)cc1Cl)NCCOC.I. The molecule has 0 bridgehead atoms. The Morgan fingerprint density at radius 1 is 1.24 bits per heavy atom. The van der Waals surface area contributed by atoms with Crippen LogP contribution in [-0.2, 0) is 11.2 Å². The lowest BCUT2D eigenvalue weighted by atomic mass is 10.1. The number of hydrogen-bond donors (Lipinski definition) is 2. The van der Waals surface area contributed by atoms with Gasteiger partial charge in [0.05, 0.1) is 6.61 Å². The minimum absolute atomic E-state index is 0. The van der Waals surface area contributed by atoms with E-state index in [1.807, 2.05) is 12.1 Å².